The van der Waals surface area contributed by atoms with Crippen LogP contribution in [0.15, 0.2) is 83.8 Å². The Balaban J connectivity index is 1.36. The summed E-state index contributed by atoms with van der Waals surface area (Å²) in [6.45, 7) is 2.17. The second kappa shape index (κ2) is 9.95. The third-order valence-corrected chi connectivity index (χ3v) is 7.47. The summed E-state index contributed by atoms with van der Waals surface area (Å²) in [6.07, 6.45) is 2.43. The Morgan fingerprint density at radius 2 is 1.61 bits per heavy atom. The highest BCUT2D eigenvalue weighted by Crippen LogP contribution is 2.24. The number of amides is 1. The van der Waals surface area contributed by atoms with Crippen LogP contribution in [-0.2, 0) is 14.8 Å². The fraction of sp³-hybridized carbons (Fsp3) is 0.240. The molecule has 7 nitrogen and oxygen atoms in total. The summed E-state index contributed by atoms with van der Waals surface area (Å²) in [7, 11) is -2.20. The van der Waals surface area contributed by atoms with Gasteiger partial charge in [0.2, 0.25) is 5.91 Å². The van der Waals surface area contributed by atoms with Crippen LogP contribution in [0.25, 0.3) is 0 Å². The minimum atomic E-state index is -3.72. The summed E-state index contributed by atoms with van der Waals surface area (Å²) in [4.78, 5) is 14.9. The molecule has 0 unspecified atom stereocenters. The van der Waals surface area contributed by atoms with Crippen molar-refractivity contribution in [2.24, 2.45) is 0 Å². The first-order valence-electron chi connectivity index (χ1n) is 11.0. The van der Waals surface area contributed by atoms with Crippen molar-refractivity contribution in [3.8, 4) is 0 Å². The van der Waals surface area contributed by atoms with Gasteiger partial charge < -0.3 is 15.5 Å². The van der Waals surface area contributed by atoms with Gasteiger partial charge in [-0.3, -0.25) is 9.10 Å². The molecule has 33 heavy (non-hydrogen) atoms. The molecule has 2 N–H and O–H groups in total. The molecule has 3 aromatic rings. The second-order valence-corrected chi connectivity index (χ2v) is 9.95. The van der Waals surface area contributed by atoms with Crippen LogP contribution in [0.5, 0.6) is 0 Å². The fourth-order valence-corrected chi connectivity index (χ4v) is 5.06. The third-order valence-electron chi connectivity index (χ3n) is 5.69. The van der Waals surface area contributed by atoms with E-state index in [9.17, 15) is 13.2 Å². The normalized spacial score (nSPS) is 13.5. The number of hydrogen-bond acceptors (Lipinski definition) is 5. The number of nitrogens with one attached hydrogen (secondary N) is 2. The molecule has 172 valence electrons. The molecule has 0 saturated carbocycles. The lowest BCUT2D eigenvalue weighted by atomic mass is 10.2. The summed E-state index contributed by atoms with van der Waals surface area (Å²) in [5.41, 5.74) is 3.02. The molecule has 1 aliphatic rings. The Morgan fingerprint density at radius 1 is 0.909 bits per heavy atom. The van der Waals surface area contributed by atoms with Crippen molar-refractivity contribution in [1.82, 2.24) is 0 Å². The van der Waals surface area contributed by atoms with E-state index in [-0.39, 0.29) is 17.3 Å². The molecule has 0 aromatic heterocycles. The minimum Gasteiger partial charge on any atom is -0.376 e. The molecule has 1 amide bonds. The highest BCUT2D eigenvalue weighted by atomic mass is 32.2. The largest absolute Gasteiger partial charge is 0.376 e. The lowest BCUT2D eigenvalue weighted by Crippen LogP contribution is -2.26. The van der Waals surface area contributed by atoms with Crippen LogP contribution in [0.3, 0.4) is 0 Å². The van der Waals surface area contributed by atoms with E-state index in [1.807, 2.05) is 30.3 Å². The van der Waals surface area contributed by atoms with Crippen LogP contribution < -0.4 is 19.8 Å². The number of rotatable bonds is 8. The predicted octanol–water partition coefficient (Wildman–Crippen LogP) is 4.16. The number of nitrogens with zero attached hydrogens (tertiary/aromatic N) is 2. The SMILES string of the molecule is CN(c1ccccc1)S(=O)(=O)c1cccc(NCC(=O)Nc2ccc(N3CCCC3)cc2)c1. The van der Waals surface area contributed by atoms with Gasteiger partial charge in [0.1, 0.15) is 0 Å². The van der Waals surface area contributed by atoms with Crippen molar-refractivity contribution in [1.29, 1.82) is 0 Å². The van der Waals surface area contributed by atoms with E-state index in [4.69, 9.17) is 0 Å². The van der Waals surface area contributed by atoms with E-state index >= 15 is 0 Å². The average molecular weight is 465 g/mol. The average Bonchev–Trinajstić information content (AvgIpc) is 3.38. The fourth-order valence-electron chi connectivity index (χ4n) is 3.82. The Labute approximate surface area is 195 Å². The summed E-state index contributed by atoms with van der Waals surface area (Å²) in [5, 5.41) is 5.88. The zero-order valence-electron chi connectivity index (χ0n) is 18.6. The van der Waals surface area contributed by atoms with Crippen molar-refractivity contribution < 1.29 is 13.2 Å². The number of anilines is 4. The van der Waals surface area contributed by atoms with E-state index in [1.165, 1.54) is 35.9 Å². The molecule has 0 atom stereocenters. The van der Waals surface area contributed by atoms with E-state index in [2.05, 4.69) is 15.5 Å². The van der Waals surface area contributed by atoms with E-state index in [1.54, 1.807) is 42.5 Å². The smallest absolute Gasteiger partial charge is 0.264 e. The van der Waals surface area contributed by atoms with Gasteiger partial charge in [-0.25, -0.2) is 8.42 Å². The second-order valence-electron chi connectivity index (χ2n) is 7.98. The molecule has 1 fully saturated rings. The van der Waals surface area contributed by atoms with Gasteiger partial charge in [0.25, 0.3) is 10.0 Å². The molecular weight excluding hydrogens is 436 g/mol. The molecule has 0 radical (unpaired) electrons. The topological polar surface area (TPSA) is 81.8 Å². The molecule has 0 spiro atoms. The van der Waals surface area contributed by atoms with Crippen LogP contribution >= 0.6 is 0 Å². The monoisotopic (exact) mass is 464 g/mol. The van der Waals surface area contributed by atoms with Gasteiger partial charge in [0.15, 0.2) is 0 Å². The first-order chi connectivity index (χ1) is 15.9. The lowest BCUT2D eigenvalue weighted by molar-refractivity contribution is -0.114. The standard InChI is InChI=1S/C25H28N4O3S/c1-28(22-9-3-2-4-10-22)33(31,32)24-11-7-8-21(18-24)26-19-25(30)27-20-12-14-23(15-13-20)29-16-5-6-17-29/h2-4,7-15,18,26H,5-6,16-17,19H2,1H3,(H,27,30). The maximum absolute atomic E-state index is 13.0. The Morgan fingerprint density at radius 3 is 2.30 bits per heavy atom. The van der Waals surface area contributed by atoms with E-state index < -0.39 is 10.0 Å². The summed E-state index contributed by atoms with van der Waals surface area (Å²) in [6, 6.07) is 23.2. The molecule has 4 rings (SSSR count). The van der Waals surface area contributed by atoms with Crippen LogP contribution in [0.4, 0.5) is 22.7 Å². The van der Waals surface area contributed by atoms with Gasteiger partial charge >= 0.3 is 0 Å². The van der Waals surface area contributed by atoms with Crippen molar-refractivity contribution in [2.45, 2.75) is 17.7 Å². The molecule has 1 saturated heterocycles. The molecule has 1 heterocycles. The predicted molar refractivity (Wildman–Crippen MR) is 133 cm³/mol. The van der Waals surface area contributed by atoms with Crippen LogP contribution in [0.1, 0.15) is 12.8 Å². The Kier molecular flexibility index (Phi) is 6.84. The van der Waals surface area contributed by atoms with Gasteiger partial charge in [-0.2, -0.15) is 0 Å². The quantitative estimate of drug-likeness (QED) is 0.523. The van der Waals surface area contributed by atoms with Gasteiger partial charge in [-0.1, -0.05) is 24.3 Å². The number of hydrogen-bond donors (Lipinski definition) is 2. The van der Waals surface area contributed by atoms with Crippen molar-refractivity contribution in [3.05, 3.63) is 78.9 Å². The number of sulfonamides is 1. The maximum atomic E-state index is 13.0. The zero-order valence-corrected chi connectivity index (χ0v) is 19.4. The van der Waals surface area contributed by atoms with Gasteiger partial charge in [-0.05, 0) is 67.4 Å². The van der Waals surface area contributed by atoms with Crippen LogP contribution in [-0.4, -0.2) is 41.0 Å². The van der Waals surface area contributed by atoms with E-state index in [0.29, 0.717) is 11.4 Å². The number of carbonyl (C=O) groups excluding carboxylic acids is 1. The number of para-hydroxylation sites is 1. The van der Waals surface area contributed by atoms with Gasteiger partial charge in [0, 0.05) is 37.2 Å². The molecule has 0 bridgehead atoms. The summed E-state index contributed by atoms with van der Waals surface area (Å²) >= 11 is 0. The highest BCUT2D eigenvalue weighted by Gasteiger charge is 2.21. The number of carbonyl (C=O) groups is 1. The van der Waals surface area contributed by atoms with Gasteiger partial charge in [0.05, 0.1) is 17.1 Å². The van der Waals surface area contributed by atoms with Crippen molar-refractivity contribution in [2.75, 3.05) is 46.5 Å². The van der Waals surface area contributed by atoms with Crippen molar-refractivity contribution >= 4 is 38.7 Å². The van der Waals surface area contributed by atoms with Crippen LogP contribution in [0, 0.1) is 0 Å². The molecular formula is C25H28N4O3S. The zero-order chi connectivity index (χ0) is 23.3. The Bertz CT molecular complexity index is 1190. The first-order valence-corrected chi connectivity index (χ1v) is 12.4. The third kappa shape index (κ3) is 5.46. The summed E-state index contributed by atoms with van der Waals surface area (Å²) in [5.74, 6) is -0.210. The molecule has 1 aliphatic heterocycles. The van der Waals surface area contributed by atoms with Crippen LogP contribution in [0.2, 0.25) is 0 Å². The first kappa shape index (κ1) is 22.7. The highest BCUT2D eigenvalue weighted by molar-refractivity contribution is 7.92. The number of benzene rings is 3. The maximum Gasteiger partial charge on any atom is 0.264 e. The Hall–Kier alpha value is -3.52. The summed E-state index contributed by atoms with van der Waals surface area (Å²) < 4.78 is 27.2. The van der Waals surface area contributed by atoms with Crippen molar-refractivity contribution in [3.63, 3.8) is 0 Å². The molecule has 3 aromatic carbocycles. The molecule has 8 heteroatoms. The van der Waals surface area contributed by atoms with Gasteiger partial charge in [-0.15, -0.1) is 0 Å². The minimum absolute atomic E-state index is 0.0197. The molecule has 0 aliphatic carbocycles. The van der Waals surface area contributed by atoms with E-state index in [0.717, 1.165) is 18.8 Å². The lowest BCUT2D eigenvalue weighted by Gasteiger charge is -2.20.